The third-order valence-electron chi connectivity index (χ3n) is 4.13. The van der Waals surface area contributed by atoms with Crippen LogP contribution in [0.3, 0.4) is 0 Å². The molecular weight excluding hydrogens is 194 g/mol. The Kier molecular flexibility index (Phi) is 2.34. The summed E-state index contributed by atoms with van der Waals surface area (Å²) in [5, 5.41) is 2.61. The number of methoxy groups -OCH3 is 1. The third-order valence-corrected chi connectivity index (χ3v) is 4.13. The molecule has 3 aliphatic carbocycles. The molecule has 0 aliphatic heterocycles. The number of hydrogen-bond acceptors (Lipinski definition) is 3. The fourth-order valence-electron chi connectivity index (χ4n) is 2.92. The van der Waals surface area contributed by atoms with Crippen LogP contribution >= 0.6 is 0 Å². The average molecular weight is 211 g/mol. The van der Waals surface area contributed by atoms with Crippen molar-refractivity contribution in [1.82, 2.24) is 5.32 Å². The molecule has 3 fully saturated rings. The van der Waals surface area contributed by atoms with Crippen molar-refractivity contribution in [3.05, 3.63) is 0 Å². The van der Waals surface area contributed by atoms with Crippen molar-refractivity contribution in [3.8, 4) is 0 Å². The first-order valence-corrected chi connectivity index (χ1v) is 5.39. The largest absolute Gasteiger partial charge is 0.378 e. The number of ketones is 1. The minimum atomic E-state index is -0.741. The van der Waals surface area contributed by atoms with Gasteiger partial charge in [-0.25, -0.2) is 0 Å². The summed E-state index contributed by atoms with van der Waals surface area (Å²) in [6, 6.07) is 0. The first-order valence-electron chi connectivity index (χ1n) is 5.39. The van der Waals surface area contributed by atoms with E-state index in [-0.39, 0.29) is 17.3 Å². The van der Waals surface area contributed by atoms with Crippen LogP contribution in [-0.4, -0.2) is 31.4 Å². The Balaban J connectivity index is 2.27. The lowest BCUT2D eigenvalue weighted by atomic mass is 9.57. The van der Waals surface area contributed by atoms with Gasteiger partial charge in [0.05, 0.1) is 5.60 Å². The molecule has 0 radical (unpaired) electrons. The first-order chi connectivity index (χ1) is 7.08. The fourth-order valence-corrected chi connectivity index (χ4v) is 2.92. The summed E-state index contributed by atoms with van der Waals surface area (Å²) in [4.78, 5) is 23.8. The minimum absolute atomic E-state index is 0.0567. The van der Waals surface area contributed by atoms with Gasteiger partial charge in [0, 0.05) is 20.6 Å². The number of ether oxygens (including phenoxy) is 1. The second-order valence-corrected chi connectivity index (χ2v) is 4.65. The number of fused-ring (bicyclic) bond motifs is 3. The fraction of sp³-hybridized carbons (Fsp3) is 0.818. The Bertz CT molecular complexity index is 303. The zero-order valence-electron chi connectivity index (χ0n) is 9.26. The van der Waals surface area contributed by atoms with Crippen LogP contribution in [-0.2, 0) is 14.3 Å². The molecule has 84 valence electrons. The maximum atomic E-state index is 12.0. The summed E-state index contributed by atoms with van der Waals surface area (Å²) in [6.07, 6.45) is 3.32. The Hall–Kier alpha value is -0.900. The van der Waals surface area contributed by atoms with Gasteiger partial charge in [-0.1, -0.05) is 0 Å². The van der Waals surface area contributed by atoms with Crippen LogP contribution < -0.4 is 5.32 Å². The quantitative estimate of drug-likeness (QED) is 0.682. The van der Waals surface area contributed by atoms with Gasteiger partial charge in [0.15, 0.2) is 5.78 Å². The third kappa shape index (κ3) is 1.31. The van der Waals surface area contributed by atoms with E-state index >= 15 is 0 Å². The summed E-state index contributed by atoms with van der Waals surface area (Å²) in [7, 11) is 3.25. The van der Waals surface area contributed by atoms with Crippen LogP contribution in [0.2, 0.25) is 0 Å². The number of rotatable bonds is 2. The van der Waals surface area contributed by atoms with Crippen molar-refractivity contribution in [1.29, 1.82) is 0 Å². The average Bonchev–Trinajstić information content (AvgIpc) is 2.29. The molecule has 4 nitrogen and oxygen atoms in total. The lowest BCUT2D eigenvalue weighted by molar-refractivity contribution is -0.166. The second-order valence-electron chi connectivity index (χ2n) is 4.65. The zero-order chi connectivity index (χ0) is 11.1. The number of nitrogens with one attached hydrogen (secondary N) is 1. The lowest BCUT2D eigenvalue weighted by Crippen LogP contribution is -2.58. The number of carbonyl (C=O) groups is 2. The highest BCUT2D eigenvalue weighted by Gasteiger charge is 2.57. The van der Waals surface area contributed by atoms with Gasteiger partial charge in [-0.05, 0) is 25.7 Å². The van der Waals surface area contributed by atoms with Gasteiger partial charge < -0.3 is 10.1 Å². The Morgan fingerprint density at radius 3 is 2.33 bits per heavy atom. The highest BCUT2D eigenvalue weighted by atomic mass is 16.5. The normalized spacial score (nSPS) is 39.2. The van der Waals surface area contributed by atoms with Crippen LogP contribution in [0.4, 0.5) is 0 Å². The molecule has 3 rings (SSSR count). The van der Waals surface area contributed by atoms with E-state index in [1.165, 1.54) is 0 Å². The van der Waals surface area contributed by atoms with E-state index in [9.17, 15) is 9.59 Å². The van der Waals surface area contributed by atoms with Gasteiger partial charge in [0.25, 0.3) is 0 Å². The molecule has 0 spiro atoms. The van der Waals surface area contributed by atoms with Gasteiger partial charge in [-0.15, -0.1) is 0 Å². The molecule has 1 amide bonds. The number of carbonyl (C=O) groups excluding carboxylic acids is 2. The van der Waals surface area contributed by atoms with Gasteiger partial charge in [0.2, 0.25) is 5.91 Å². The summed E-state index contributed by atoms with van der Waals surface area (Å²) in [5.41, 5.74) is -1.01. The smallest absolute Gasteiger partial charge is 0.233 e. The van der Waals surface area contributed by atoms with Crippen LogP contribution in [0.1, 0.15) is 32.1 Å². The number of amides is 1. The summed E-state index contributed by atoms with van der Waals surface area (Å²) in [6.45, 7) is 0. The van der Waals surface area contributed by atoms with E-state index < -0.39 is 5.41 Å². The SMILES string of the molecule is CNC(=O)C12CCC(OC)(CC1)CC2=O. The van der Waals surface area contributed by atoms with E-state index in [0.717, 1.165) is 12.8 Å². The van der Waals surface area contributed by atoms with Gasteiger partial charge in [-0.3, -0.25) is 9.59 Å². The van der Waals surface area contributed by atoms with E-state index in [1.807, 2.05) is 0 Å². The summed E-state index contributed by atoms with van der Waals surface area (Å²) in [5.74, 6) is -0.0573. The van der Waals surface area contributed by atoms with Crippen molar-refractivity contribution in [2.24, 2.45) is 5.41 Å². The molecule has 0 aromatic carbocycles. The van der Waals surface area contributed by atoms with Gasteiger partial charge in [0.1, 0.15) is 5.41 Å². The first kappa shape index (κ1) is 10.6. The van der Waals surface area contributed by atoms with E-state index in [0.29, 0.717) is 19.3 Å². The van der Waals surface area contributed by atoms with Gasteiger partial charge >= 0.3 is 0 Å². The zero-order valence-corrected chi connectivity index (χ0v) is 9.26. The molecule has 4 heteroatoms. The van der Waals surface area contributed by atoms with Crippen molar-refractivity contribution < 1.29 is 14.3 Å². The minimum Gasteiger partial charge on any atom is -0.378 e. The molecule has 1 N–H and O–H groups in total. The lowest BCUT2D eigenvalue weighted by Gasteiger charge is -2.49. The maximum Gasteiger partial charge on any atom is 0.233 e. The van der Waals surface area contributed by atoms with E-state index in [1.54, 1.807) is 14.2 Å². The van der Waals surface area contributed by atoms with E-state index in [2.05, 4.69) is 5.32 Å². The van der Waals surface area contributed by atoms with Crippen molar-refractivity contribution >= 4 is 11.7 Å². The van der Waals surface area contributed by atoms with Gasteiger partial charge in [-0.2, -0.15) is 0 Å². The molecule has 0 atom stereocenters. The monoisotopic (exact) mass is 211 g/mol. The summed E-state index contributed by atoms with van der Waals surface area (Å²) >= 11 is 0. The molecule has 2 bridgehead atoms. The second kappa shape index (κ2) is 3.30. The molecule has 3 aliphatic rings. The molecule has 15 heavy (non-hydrogen) atoms. The molecule has 0 aromatic heterocycles. The summed E-state index contributed by atoms with van der Waals surface area (Å²) < 4.78 is 5.44. The predicted octanol–water partition coefficient (Wildman–Crippen LogP) is 0.651. The van der Waals surface area contributed by atoms with E-state index in [4.69, 9.17) is 4.74 Å². The highest BCUT2D eigenvalue weighted by molar-refractivity contribution is 6.07. The number of hydrogen-bond donors (Lipinski definition) is 1. The van der Waals surface area contributed by atoms with Crippen molar-refractivity contribution in [3.63, 3.8) is 0 Å². The van der Waals surface area contributed by atoms with Crippen LogP contribution in [0, 0.1) is 5.41 Å². The van der Waals surface area contributed by atoms with Crippen LogP contribution in [0.15, 0.2) is 0 Å². The standard InChI is InChI=1S/C11H17NO3/c1-12-9(14)11-5-3-10(15-2,4-6-11)7-8(11)13/h3-7H2,1-2H3,(H,12,14). The molecule has 3 saturated carbocycles. The molecule has 0 aromatic rings. The molecule has 0 unspecified atom stereocenters. The van der Waals surface area contributed by atoms with Crippen molar-refractivity contribution in [2.45, 2.75) is 37.7 Å². The molecule has 0 heterocycles. The van der Waals surface area contributed by atoms with Crippen LogP contribution in [0.5, 0.6) is 0 Å². The maximum absolute atomic E-state index is 12.0. The topological polar surface area (TPSA) is 55.4 Å². The predicted molar refractivity (Wildman–Crippen MR) is 54.3 cm³/mol. The highest BCUT2D eigenvalue weighted by Crippen LogP contribution is 2.51. The van der Waals surface area contributed by atoms with Crippen LogP contribution in [0.25, 0.3) is 0 Å². The number of Topliss-reactive ketones (excluding diaryl/α,β-unsaturated/α-hetero) is 1. The molecular formula is C11H17NO3. The molecule has 0 saturated heterocycles. The van der Waals surface area contributed by atoms with Crippen molar-refractivity contribution in [2.75, 3.05) is 14.2 Å². The Labute approximate surface area is 89.4 Å². The Morgan fingerprint density at radius 2 is 1.93 bits per heavy atom. The Morgan fingerprint density at radius 1 is 1.33 bits per heavy atom.